The van der Waals surface area contributed by atoms with Gasteiger partial charge in [0.15, 0.2) is 5.69 Å². The van der Waals surface area contributed by atoms with Crippen LogP contribution in [0.15, 0.2) is 36.4 Å². The Balaban J connectivity index is 1.78. The molecule has 2 aromatic rings. The first-order valence-corrected chi connectivity index (χ1v) is 8.25. The van der Waals surface area contributed by atoms with Crippen molar-refractivity contribution in [2.24, 2.45) is 5.92 Å². The Bertz CT molecular complexity index is 663. The van der Waals surface area contributed by atoms with Gasteiger partial charge in [0.2, 0.25) is 0 Å². The predicted octanol–water partition coefficient (Wildman–Crippen LogP) is 2.25. The first kappa shape index (κ1) is 15.7. The van der Waals surface area contributed by atoms with E-state index in [2.05, 4.69) is 10.4 Å². The summed E-state index contributed by atoms with van der Waals surface area (Å²) in [6.45, 7) is 4.59. The molecule has 1 saturated heterocycles. The number of aromatic nitrogens is 2. The van der Waals surface area contributed by atoms with Crippen molar-refractivity contribution in [3.05, 3.63) is 47.8 Å². The fraction of sp³-hybridized carbons (Fsp3) is 0.444. The van der Waals surface area contributed by atoms with Crippen LogP contribution in [-0.4, -0.2) is 47.3 Å². The normalized spacial score (nSPS) is 18.2. The topological polar surface area (TPSA) is 50.2 Å². The average molecular weight is 312 g/mol. The second kappa shape index (κ2) is 6.96. The third-order valence-corrected chi connectivity index (χ3v) is 4.41. The van der Waals surface area contributed by atoms with E-state index in [1.165, 1.54) is 6.42 Å². The van der Waals surface area contributed by atoms with Crippen LogP contribution in [0.25, 0.3) is 5.69 Å². The van der Waals surface area contributed by atoms with Crippen LogP contribution in [0.3, 0.4) is 0 Å². The predicted molar refractivity (Wildman–Crippen MR) is 90.9 cm³/mol. The van der Waals surface area contributed by atoms with Crippen LogP contribution in [0.1, 0.15) is 29.0 Å². The molecular formula is C18H24N4O. The number of carbonyl (C=O) groups excluding carboxylic acids is 1. The van der Waals surface area contributed by atoms with Gasteiger partial charge in [0.25, 0.3) is 5.91 Å². The molecule has 23 heavy (non-hydrogen) atoms. The number of benzene rings is 1. The minimum atomic E-state index is 0.0450. The Hall–Kier alpha value is -2.14. The fourth-order valence-corrected chi connectivity index (χ4v) is 3.28. The Morgan fingerprint density at radius 1 is 1.35 bits per heavy atom. The van der Waals surface area contributed by atoms with Crippen molar-refractivity contribution in [1.82, 2.24) is 20.0 Å². The Morgan fingerprint density at radius 3 is 2.87 bits per heavy atom. The fourth-order valence-electron chi connectivity index (χ4n) is 3.28. The highest BCUT2D eigenvalue weighted by Crippen LogP contribution is 2.19. The second-order valence-electron chi connectivity index (χ2n) is 6.24. The highest BCUT2D eigenvalue weighted by Gasteiger charge is 2.26. The largest absolute Gasteiger partial charge is 0.337 e. The zero-order valence-corrected chi connectivity index (χ0v) is 13.8. The third-order valence-electron chi connectivity index (χ3n) is 4.41. The molecule has 1 aliphatic rings. The zero-order valence-electron chi connectivity index (χ0n) is 13.8. The monoisotopic (exact) mass is 312 g/mol. The molecule has 1 amide bonds. The average Bonchev–Trinajstić information content (AvgIpc) is 2.97. The van der Waals surface area contributed by atoms with Crippen LogP contribution in [0.4, 0.5) is 0 Å². The molecule has 0 bridgehead atoms. The van der Waals surface area contributed by atoms with Gasteiger partial charge in [0, 0.05) is 18.8 Å². The lowest BCUT2D eigenvalue weighted by atomic mass is 9.98. The highest BCUT2D eigenvalue weighted by molar-refractivity contribution is 5.92. The van der Waals surface area contributed by atoms with E-state index in [0.29, 0.717) is 11.6 Å². The molecule has 0 saturated carbocycles. The van der Waals surface area contributed by atoms with Gasteiger partial charge in [0.05, 0.1) is 5.69 Å². The van der Waals surface area contributed by atoms with E-state index in [9.17, 15) is 4.79 Å². The first-order chi connectivity index (χ1) is 11.2. The van der Waals surface area contributed by atoms with Gasteiger partial charge < -0.3 is 10.2 Å². The minimum absolute atomic E-state index is 0.0450. The van der Waals surface area contributed by atoms with E-state index >= 15 is 0 Å². The quantitative estimate of drug-likeness (QED) is 0.942. The van der Waals surface area contributed by atoms with Crippen molar-refractivity contribution in [1.29, 1.82) is 0 Å². The molecule has 1 aromatic carbocycles. The number of aryl methyl sites for hydroxylation is 1. The summed E-state index contributed by atoms with van der Waals surface area (Å²) in [6, 6.07) is 11.8. The summed E-state index contributed by atoms with van der Waals surface area (Å²) >= 11 is 0. The van der Waals surface area contributed by atoms with Gasteiger partial charge in [-0.15, -0.1) is 0 Å². The number of hydrogen-bond donors (Lipinski definition) is 1. The van der Waals surface area contributed by atoms with Crippen molar-refractivity contribution in [3.63, 3.8) is 0 Å². The lowest BCUT2D eigenvalue weighted by molar-refractivity contribution is 0.0668. The van der Waals surface area contributed by atoms with Crippen LogP contribution in [0.2, 0.25) is 0 Å². The summed E-state index contributed by atoms with van der Waals surface area (Å²) in [5.41, 5.74) is 2.50. The van der Waals surface area contributed by atoms with Gasteiger partial charge in [0.1, 0.15) is 0 Å². The number of nitrogens with zero attached hydrogens (tertiary/aromatic N) is 3. The zero-order chi connectivity index (χ0) is 16.2. The molecule has 1 fully saturated rings. The molecule has 0 spiro atoms. The first-order valence-electron chi connectivity index (χ1n) is 8.25. The highest BCUT2D eigenvalue weighted by atomic mass is 16.2. The summed E-state index contributed by atoms with van der Waals surface area (Å²) in [5.74, 6) is 0.582. The molecule has 1 aliphatic heterocycles. The molecule has 5 heteroatoms. The van der Waals surface area contributed by atoms with E-state index in [1.54, 1.807) is 0 Å². The maximum absolute atomic E-state index is 12.8. The molecule has 2 heterocycles. The molecule has 1 aromatic heterocycles. The van der Waals surface area contributed by atoms with E-state index in [4.69, 9.17) is 0 Å². The standard InChI is InChI=1S/C18H24N4O/c1-14-11-17(20-22(14)16-8-4-3-5-9-16)18(23)21-10-6-7-15(13-21)12-19-2/h3-5,8-9,11,15,19H,6-7,10,12-13H2,1-2H3/t15-/m1/s1. The summed E-state index contributed by atoms with van der Waals surface area (Å²) in [5, 5.41) is 7.75. The molecule has 0 aliphatic carbocycles. The van der Waals surface area contributed by atoms with Crippen molar-refractivity contribution in [2.75, 3.05) is 26.7 Å². The molecule has 3 rings (SSSR count). The van der Waals surface area contributed by atoms with Crippen molar-refractivity contribution in [3.8, 4) is 5.69 Å². The number of rotatable bonds is 4. The van der Waals surface area contributed by atoms with Gasteiger partial charge >= 0.3 is 0 Å². The molecule has 1 atom stereocenters. The van der Waals surface area contributed by atoms with Gasteiger partial charge in [-0.05, 0) is 57.5 Å². The summed E-state index contributed by atoms with van der Waals surface area (Å²) in [4.78, 5) is 14.7. The molecule has 1 N–H and O–H groups in total. The molecular weight excluding hydrogens is 288 g/mol. The molecule has 5 nitrogen and oxygen atoms in total. The van der Waals surface area contributed by atoms with Crippen LogP contribution < -0.4 is 5.32 Å². The van der Waals surface area contributed by atoms with Gasteiger partial charge in [-0.3, -0.25) is 4.79 Å². The van der Waals surface area contributed by atoms with E-state index in [1.807, 2.05) is 60.0 Å². The van der Waals surface area contributed by atoms with E-state index in [-0.39, 0.29) is 5.91 Å². The lowest BCUT2D eigenvalue weighted by Gasteiger charge is -2.32. The van der Waals surface area contributed by atoms with Crippen LogP contribution in [0, 0.1) is 12.8 Å². The van der Waals surface area contributed by atoms with Crippen molar-refractivity contribution >= 4 is 5.91 Å². The minimum Gasteiger partial charge on any atom is -0.337 e. The Labute approximate surface area is 137 Å². The number of likely N-dealkylation sites (tertiary alicyclic amines) is 1. The van der Waals surface area contributed by atoms with Crippen LogP contribution in [0.5, 0.6) is 0 Å². The molecule has 122 valence electrons. The molecule has 0 unspecified atom stereocenters. The second-order valence-corrected chi connectivity index (χ2v) is 6.24. The SMILES string of the molecule is CNC[C@H]1CCCN(C(=O)c2cc(C)n(-c3ccccc3)n2)C1. The lowest BCUT2D eigenvalue weighted by Crippen LogP contribution is -2.42. The van der Waals surface area contributed by atoms with E-state index < -0.39 is 0 Å². The van der Waals surface area contributed by atoms with Crippen molar-refractivity contribution in [2.45, 2.75) is 19.8 Å². The third kappa shape index (κ3) is 3.45. The van der Waals surface area contributed by atoms with Gasteiger partial charge in [-0.25, -0.2) is 4.68 Å². The maximum Gasteiger partial charge on any atom is 0.274 e. The number of carbonyl (C=O) groups is 1. The maximum atomic E-state index is 12.8. The number of piperidine rings is 1. The summed E-state index contributed by atoms with van der Waals surface area (Å²) < 4.78 is 1.84. The van der Waals surface area contributed by atoms with Crippen molar-refractivity contribution < 1.29 is 4.79 Å². The molecule has 0 radical (unpaired) electrons. The number of para-hydroxylation sites is 1. The Morgan fingerprint density at radius 2 is 2.13 bits per heavy atom. The van der Waals surface area contributed by atoms with Crippen LogP contribution in [-0.2, 0) is 0 Å². The summed E-state index contributed by atoms with van der Waals surface area (Å²) in [6.07, 6.45) is 2.25. The smallest absolute Gasteiger partial charge is 0.274 e. The number of nitrogens with one attached hydrogen (secondary N) is 1. The Kier molecular flexibility index (Phi) is 4.76. The number of hydrogen-bond acceptors (Lipinski definition) is 3. The van der Waals surface area contributed by atoms with Crippen LogP contribution >= 0.6 is 0 Å². The van der Waals surface area contributed by atoms with Gasteiger partial charge in [-0.1, -0.05) is 18.2 Å². The van der Waals surface area contributed by atoms with E-state index in [0.717, 1.165) is 37.4 Å². The summed E-state index contributed by atoms with van der Waals surface area (Å²) in [7, 11) is 1.96. The number of amides is 1. The van der Waals surface area contributed by atoms with Gasteiger partial charge in [-0.2, -0.15) is 5.10 Å².